The fourth-order valence-corrected chi connectivity index (χ4v) is 7.31. The molecule has 0 radical (unpaired) electrons. The van der Waals surface area contributed by atoms with Crippen LogP contribution in [0.4, 0.5) is 0 Å². The van der Waals surface area contributed by atoms with Crippen LogP contribution in [0.3, 0.4) is 0 Å². The Hall–Kier alpha value is -1.14. The molecular weight excluding hydrogens is 647 g/mol. The van der Waals surface area contributed by atoms with Gasteiger partial charge in [-0.05, 0) is 90.1 Å². The molecule has 0 saturated carbocycles. The van der Waals surface area contributed by atoms with Crippen LogP contribution >= 0.6 is 0 Å². The Bertz CT molecular complexity index is 730. The summed E-state index contributed by atoms with van der Waals surface area (Å²) < 4.78 is 12.0. The van der Waals surface area contributed by atoms with Crippen LogP contribution in [0.1, 0.15) is 246 Å². The molecule has 0 aliphatic rings. The topological polar surface area (TPSA) is 76.1 Å². The van der Waals surface area contributed by atoms with Gasteiger partial charge in [-0.3, -0.25) is 9.59 Å². The lowest BCUT2D eigenvalue weighted by molar-refractivity contribution is -0.151. The normalized spacial score (nSPS) is 12.2. The number of hydrogen-bond donors (Lipinski definition) is 1. The van der Waals surface area contributed by atoms with Crippen molar-refractivity contribution in [1.29, 1.82) is 0 Å². The van der Waals surface area contributed by atoms with Crippen LogP contribution in [0.25, 0.3) is 0 Å². The first-order valence-corrected chi connectivity index (χ1v) is 23.2. The van der Waals surface area contributed by atoms with Crippen LogP contribution in [0.5, 0.6) is 0 Å². The number of nitrogens with zero attached hydrogens (tertiary/aromatic N) is 1. The molecule has 6 heteroatoms. The van der Waals surface area contributed by atoms with Crippen LogP contribution in [0, 0.1) is 0 Å². The average Bonchev–Trinajstić information content (AvgIpc) is 3.13. The molecule has 1 atom stereocenters. The number of ether oxygens (including phenoxy) is 2. The second-order valence-electron chi connectivity index (χ2n) is 15.9. The summed E-state index contributed by atoms with van der Waals surface area (Å²) in [6.07, 6.45) is 38.9. The first-order chi connectivity index (χ1) is 25.5. The Labute approximate surface area is 324 Å². The summed E-state index contributed by atoms with van der Waals surface area (Å²) in [5, 5.41) is 9.61. The fourth-order valence-electron chi connectivity index (χ4n) is 7.31. The summed E-state index contributed by atoms with van der Waals surface area (Å²) in [5.74, 6) is -0.0269. The molecule has 0 heterocycles. The smallest absolute Gasteiger partial charge is 0.306 e. The molecule has 0 bridgehead atoms. The molecule has 0 fully saturated rings. The van der Waals surface area contributed by atoms with Crippen LogP contribution in [-0.4, -0.2) is 60.4 Å². The van der Waals surface area contributed by atoms with E-state index in [4.69, 9.17) is 9.47 Å². The molecule has 310 valence electrons. The minimum Gasteiger partial charge on any atom is -0.462 e. The second kappa shape index (κ2) is 41.0. The van der Waals surface area contributed by atoms with E-state index in [0.717, 1.165) is 96.6 Å². The van der Waals surface area contributed by atoms with Gasteiger partial charge in [-0.2, -0.15) is 0 Å². The highest BCUT2D eigenvalue weighted by Crippen LogP contribution is 2.19. The van der Waals surface area contributed by atoms with E-state index in [-0.39, 0.29) is 30.8 Å². The van der Waals surface area contributed by atoms with Gasteiger partial charge < -0.3 is 19.5 Å². The molecular formula is C46H91NO5. The first-order valence-electron chi connectivity index (χ1n) is 23.2. The molecule has 0 aliphatic heterocycles. The minimum absolute atomic E-state index is 0.00443. The fraction of sp³-hybridized carbons (Fsp3) is 0.957. The van der Waals surface area contributed by atoms with Gasteiger partial charge in [0.05, 0.1) is 6.61 Å². The van der Waals surface area contributed by atoms with Crippen molar-refractivity contribution < 1.29 is 24.2 Å². The molecule has 0 rings (SSSR count). The van der Waals surface area contributed by atoms with Gasteiger partial charge >= 0.3 is 11.9 Å². The van der Waals surface area contributed by atoms with Crippen molar-refractivity contribution in [3.8, 4) is 0 Å². The highest BCUT2D eigenvalue weighted by Gasteiger charge is 2.16. The zero-order valence-corrected chi connectivity index (χ0v) is 35.6. The van der Waals surface area contributed by atoms with E-state index in [2.05, 4.69) is 32.6 Å². The van der Waals surface area contributed by atoms with E-state index in [1.807, 2.05) is 0 Å². The van der Waals surface area contributed by atoms with Crippen LogP contribution in [0.2, 0.25) is 0 Å². The Morgan fingerprint density at radius 1 is 0.404 bits per heavy atom. The summed E-state index contributed by atoms with van der Waals surface area (Å²) in [6.45, 7) is 11.7. The van der Waals surface area contributed by atoms with Crippen molar-refractivity contribution in [2.24, 2.45) is 0 Å². The van der Waals surface area contributed by atoms with Gasteiger partial charge in [-0.1, -0.05) is 156 Å². The van der Waals surface area contributed by atoms with Crippen LogP contribution < -0.4 is 0 Å². The van der Waals surface area contributed by atoms with Gasteiger partial charge in [0.25, 0.3) is 0 Å². The number of hydrogen-bond acceptors (Lipinski definition) is 6. The molecule has 0 amide bonds. The number of carbonyl (C=O) groups excluding carboxylic acids is 2. The second-order valence-corrected chi connectivity index (χ2v) is 15.9. The van der Waals surface area contributed by atoms with Crippen LogP contribution in [0.15, 0.2) is 0 Å². The summed E-state index contributed by atoms with van der Waals surface area (Å²) in [4.78, 5) is 27.7. The number of aliphatic hydroxyl groups is 1. The zero-order chi connectivity index (χ0) is 38.2. The number of carbonyl (C=O) groups is 2. The molecule has 0 aromatic carbocycles. The van der Waals surface area contributed by atoms with Gasteiger partial charge in [-0.25, -0.2) is 0 Å². The third-order valence-corrected chi connectivity index (χ3v) is 10.7. The molecule has 1 N–H and O–H groups in total. The number of aliphatic hydroxyl groups excluding tert-OH is 1. The van der Waals surface area contributed by atoms with Crippen molar-refractivity contribution in [2.45, 2.75) is 258 Å². The maximum atomic E-state index is 12.7. The SMILES string of the molecule is CCCCCCCCC(CCCCC)OC(=O)CCCCN(CCO)CCCCCCCC(=O)OC(CCCCCCCC)CCCCCCCC. The van der Waals surface area contributed by atoms with E-state index in [1.54, 1.807) is 0 Å². The highest BCUT2D eigenvalue weighted by atomic mass is 16.5. The molecule has 0 saturated heterocycles. The predicted octanol–water partition coefficient (Wildman–Crippen LogP) is 13.4. The van der Waals surface area contributed by atoms with E-state index in [1.165, 1.54) is 122 Å². The molecule has 0 aromatic heterocycles. The van der Waals surface area contributed by atoms with Gasteiger partial charge in [0.15, 0.2) is 0 Å². The lowest BCUT2D eigenvalue weighted by Crippen LogP contribution is -2.29. The third-order valence-electron chi connectivity index (χ3n) is 10.7. The molecule has 1 unspecified atom stereocenters. The molecule has 0 aliphatic carbocycles. The van der Waals surface area contributed by atoms with Gasteiger partial charge in [0.1, 0.15) is 12.2 Å². The Morgan fingerprint density at radius 3 is 1.10 bits per heavy atom. The van der Waals surface area contributed by atoms with E-state index >= 15 is 0 Å². The van der Waals surface area contributed by atoms with Crippen molar-refractivity contribution in [3.63, 3.8) is 0 Å². The van der Waals surface area contributed by atoms with Crippen molar-refractivity contribution in [1.82, 2.24) is 4.90 Å². The highest BCUT2D eigenvalue weighted by molar-refractivity contribution is 5.69. The maximum Gasteiger partial charge on any atom is 0.306 e. The largest absolute Gasteiger partial charge is 0.462 e. The summed E-state index contributed by atoms with van der Waals surface area (Å²) in [5.41, 5.74) is 0. The van der Waals surface area contributed by atoms with E-state index in [0.29, 0.717) is 19.4 Å². The van der Waals surface area contributed by atoms with Crippen molar-refractivity contribution >= 4 is 11.9 Å². The first kappa shape index (κ1) is 50.9. The van der Waals surface area contributed by atoms with Crippen molar-refractivity contribution in [2.75, 3.05) is 26.2 Å². The monoisotopic (exact) mass is 738 g/mol. The average molecular weight is 738 g/mol. The molecule has 0 aromatic rings. The Kier molecular flexibility index (Phi) is 40.1. The maximum absolute atomic E-state index is 12.7. The van der Waals surface area contributed by atoms with Gasteiger partial charge in [0, 0.05) is 19.4 Å². The number of rotatable bonds is 42. The van der Waals surface area contributed by atoms with E-state index < -0.39 is 0 Å². The predicted molar refractivity (Wildman–Crippen MR) is 223 cm³/mol. The lowest BCUT2D eigenvalue weighted by atomic mass is 10.0. The van der Waals surface area contributed by atoms with Gasteiger partial charge in [0.2, 0.25) is 0 Å². The minimum atomic E-state index is -0.0313. The standard InChI is InChI=1S/C46H91NO5/c1-5-9-13-16-20-26-34-43(33-25-12-8-4)51-46(50)38-30-32-40-47(41-42-48)39-31-24-19-23-29-37-45(49)52-44(35-27-21-17-14-10-6-2)36-28-22-18-15-11-7-3/h43-44,48H,5-42H2,1-4H3. The Morgan fingerprint density at radius 2 is 0.692 bits per heavy atom. The lowest BCUT2D eigenvalue weighted by Gasteiger charge is -2.21. The van der Waals surface area contributed by atoms with Crippen molar-refractivity contribution in [3.05, 3.63) is 0 Å². The van der Waals surface area contributed by atoms with Gasteiger partial charge in [-0.15, -0.1) is 0 Å². The quantitative estimate of drug-likeness (QED) is 0.0496. The summed E-state index contributed by atoms with van der Waals surface area (Å²) in [7, 11) is 0. The number of esters is 2. The number of unbranched alkanes of at least 4 members (excludes halogenated alkanes) is 22. The molecule has 52 heavy (non-hydrogen) atoms. The van der Waals surface area contributed by atoms with Crippen LogP contribution in [-0.2, 0) is 19.1 Å². The Balaban J connectivity index is 4.27. The van der Waals surface area contributed by atoms with E-state index in [9.17, 15) is 14.7 Å². The summed E-state index contributed by atoms with van der Waals surface area (Å²) >= 11 is 0. The molecule has 0 spiro atoms. The summed E-state index contributed by atoms with van der Waals surface area (Å²) in [6, 6.07) is 0. The zero-order valence-electron chi connectivity index (χ0n) is 35.6. The third kappa shape index (κ3) is 35.9. The molecule has 6 nitrogen and oxygen atoms in total.